The first-order valence-electron chi connectivity index (χ1n) is 11.2. The molecule has 0 spiro atoms. The molecular weight excluding hydrogens is 426 g/mol. The van der Waals surface area contributed by atoms with Crippen LogP contribution in [0.15, 0.2) is 53.4 Å². The first-order chi connectivity index (χ1) is 15.4. The number of likely N-dealkylation sites (N-methyl/N-ethyl adjacent to an activating group) is 1. The molecule has 0 unspecified atom stereocenters. The van der Waals surface area contributed by atoms with Crippen LogP contribution in [0.25, 0.3) is 0 Å². The summed E-state index contributed by atoms with van der Waals surface area (Å²) in [6.07, 6.45) is 2.13. The summed E-state index contributed by atoms with van der Waals surface area (Å²) < 4.78 is 33.3. The second-order valence-electron chi connectivity index (χ2n) is 7.85. The largest absolute Gasteiger partial charge is 0.492 e. The fraction of sp³-hybridized carbons (Fsp3) is 0.458. The Morgan fingerprint density at radius 3 is 2.31 bits per heavy atom. The summed E-state index contributed by atoms with van der Waals surface area (Å²) in [6, 6.07) is 14.4. The molecule has 0 bridgehead atoms. The number of sulfonamides is 1. The van der Waals surface area contributed by atoms with E-state index in [-0.39, 0.29) is 10.8 Å². The molecule has 1 amide bonds. The number of anilines is 1. The molecule has 174 valence electrons. The first kappa shape index (κ1) is 24.1. The van der Waals surface area contributed by atoms with Crippen LogP contribution >= 0.6 is 0 Å². The second-order valence-corrected chi connectivity index (χ2v) is 9.79. The highest BCUT2D eigenvalue weighted by molar-refractivity contribution is 7.89. The molecule has 3 rings (SSSR count). The quantitative estimate of drug-likeness (QED) is 0.544. The van der Waals surface area contributed by atoms with Crippen molar-refractivity contribution in [2.24, 2.45) is 0 Å². The van der Waals surface area contributed by atoms with Crippen LogP contribution in [0.3, 0.4) is 0 Å². The van der Waals surface area contributed by atoms with Crippen molar-refractivity contribution in [3.8, 4) is 5.75 Å². The Balaban J connectivity index is 1.84. The van der Waals surface area contributed by atoms with Crippen LogP contribution in [0, 0.1) is 0 Å². The maximum atomic E-state index is 13.4. The van der Waals surface area contributed by atoms with Gasteiger partial charge in [0, 0.05) is 38.9 Å². The van der Waals surface area contributed by atoms with Crippen molar-refractivity contribution in [1.29, 1.82) is 0 Å². The minimum absolute atomic E-state index is 0.154. The highest BCUT2D eigenvalue weighted by Gasteiger charge is 2.27. The zero-order chi connectivity index (χ0) is 23.1. The molecule has 7 nitrogen and oxygen atoms in total. The van der Waals surface area contributed by atoms with Gasteiger partial charge >= 0.3 is 0 Å². The molecule has 0 atom stereocenters. The van der Waals surface area contributed by atoms with Gasteiger partial charge in [-0.15, -0.1) is 0 Å². The summed E-state index contributed by atoms with van der Waals surface area (Å²) in [5.74, 6) is 0.540. The number of rotatable bonds is 10. The molecule has 1 heterocycles. The van der Waals surface area contributed by atoms with Gasteiger partial charge in [0.05, 0.1) is 17.0 Å². The predicted octanol–water partition coefficient (Wildman–Crippen LogP) is 3.47. The maximum Gasteiger partial charge on any atom is 0.255 e. The molecule has 1 saturated heterocycles. The molecule has 0 aliphatic carbocycles. The predicted molar refractivity (Wildman–Crippen MR) is 127 cm³/mol. The Bertz CT molecular complexity index is 1000. The third-order valence-electron chi connectivity index (χ3n) is 5.77. The van der Waals surface area contributed by atoms with Crippen LogP contribution in [-0.4, -0.2) is 69.9 Å². The normalized spacial score (nSPS) is 14.1. The van der Waals surface area contributed by atoms with E-state index in [1.165, 1.54) is 10.4 Å². The van der Waals surface area contributed by atoms with Gasteiger partial charge in [-0.2, -0.15) is 4.31 Å². The molecule has 8 heteroatoms. The molecule has 1 aliphatic heterocycles. The second kappa shape index (κ2) is 10.8. The SMILES string of the molecule is CCN(CC)S(=O)(=O)c1ccc(N2CCCC2)c(C(=O)N(C)CCOc2ccccc2)c1. The van der Waals surface area contributed by atoms with Crippen molar-refractivity contribution >= 4 is 21.6 Å². The van der Waals surface area contributed by atoms with Crippen molar-refractivity contribution in [3.63, 3.8) is 0 Å². The zero-order valence-corrected chi connectivity index (χ0v) is 20.0. The van der Waals surface area contributed by atoms with Crippen LogP contribution in [0.1, 0.15) is 37.0 Å². The number of nitrogens with zero attached hydrogens (tertiary/aromatic N) is 3. The summed E-state index contributed by atoms with van der Waals surface area (Å²) in [7, 11) is -1.94. The van der Waals surface area contributed by atoms with Gasteiger partial charge in [0.25, 0.3) is 5.91 Å². The molecular formula is C24H33N3O4S. The standard InChI is InChI=1S/C24H33N3O4S/c1-4-27(5-2)32(29,30)21-13-14-23(26-15-9-10-16-26)22(19-21)24(28)25(3)17-18-31-20-11-7-6-8-12-20/h6-8,11-14,19H,4-5,9-10,15-18H2,1-3H3. The number of para-hydroxylation sites is 1. The molecule has 32 heavy (non-hydrogen) atoms. The van der Waals surface area contributed by atoms with E-state index in [1.807, 2.05) is 44.2 Å². The Morgan fingerprint density at radius 2 is 1.69 bits per heavy atom. The Morgan fingerprint density at radius 1 is 1.03 bits per heavy atom. The van der Waals surface area contributed by atoms with E-state index in [9.17, 15) is 13.2 Å². The van der Waals surface area contributed by atoms with E-state index >= 15 is 0 Å². The Labute approximate surface area is 191 Å². The number of benzene rings is 2. The van der Waals surface area contributed by atoms with Crippen molar-refractivity contribution < 1.29 is 17.9 Å². The lowest BCUT2D eigenvalue weighted by atomic mass is 10.1. The molecule has 0 N–H and O–H groups in total. The number of hydrogen-bond acceptors (Lipinski definition) is 5. The van der Waals surface area contributed by atoms with Crippen LogP contribution < -0.4 is 9.64 Å². The number of carbonyl (C=O) groups is 1. The number of carbonyl (C=O) groups excluding carboxylic acids is 1. The van der Waals surface area contributed by atoms with E-state index in [4.69, 9.17) is 4.74 Å². The summed E-state index contributed by atoms with van der Waals surface area (Å²) in [4.78, 5) is 17.3. The lowest BCUT2D eigenvalue weighted by molar-refractivity contribution is 0.0774. The van der Waals surface area contributed by atoms with E-state index < -0.39 is 10.0 Å². The molecule has 1 fully saturated rings. The van der Waals surface area contributed by atoms with Gasteiger partial charge in [0.2, 0.25) is 10.0 Å². The van der Waals surface area contributed by atoms with Crippen molar-refractivity contribution in [1.82, 2.24) is 9.21 Å². The monoisotopic (exact) mass is 459 g/mol. The topological polar surface area (TPSA) is 70.2 Å². The average molecular weight is 460 g/mol. The van der Waals surface area contributed by atoms with Gasteiger partial charge in [0.15, 0.2) is 0 Å². The summed E-state index contributed by atoms with van der Waals surface area (Å²) >= 11 is 0. The third kappa shape index (κ3) is 5.42. The Hall–Kier alpha value is -2.58. The van der Waals surface area contributed by atoms with Crippen molar-refractivity contribution in [3.05, 3.63) is 54.1 Å². The number of ether oxygens (including phenoxy) is 1. The summed E-state index contributed by atoms with van der Waals surface area (Å²) in [5, 5.41) is 0. The highest BCUT2D eigenvalue weighted by Crippen LogP contribution is 2.29. The van der Waals surface area contributed by atoms with Gasteiger partial charge < -0.3 is 14.5 Å². The van der Waals surface area contributed by atoms with Crippen molar-refractivity contribution in [2.75, 3.05) is 51.3 Å². The van der Waals surface area contributed by atoms with E-state index in [1.54, 1.807) is 24.1 Å². The molecule has 2 aromatic rings. The number of hydrogen-bond donors (Lipinski definition) is 0. The van der Waals surface area contributed by atoms with Crippen LogP contribution in [0.4, 0.5) is 5.69 Å². The zero-order valence-electron chi connectivity index (χ0n) is 19.2. The van der Waals surface area contributed by atoms with E-state index in [2.05, 4.69) is 4.90 Å². The smallest absolute Gasteiger partial charge is 0.255 e. The lowest BCUT2D eigenvalue weighted by Gasteiger charge is -2.25. The average Bonchev–Trinajstić information content (AvgIpc) is 3.34. The molecule has 0 saturated carbocycles. The molecule has 2 aromatic carbocycles. The molecule has 1 aliphatic rings. The van der Waals surface area contributed by atoms with Crippen LogP contribution in [0.5, 0.6) is 5.75 Å². The van der Waals surface area contributed by atoms with Crippen molar-refractivity contribution in [2.45, 2.75) is 31.6 Å². The minimum atomic E-state index is -3.66. The van der Waals surface area contributed by atoms with Crippen LogP contribution in [-0.2, 0) is 10.0 Å². The van der Waals surface area contributed by atoms with Gasteiger partial charge in [-0.1, -0.05) is 32.0 Å². The maximum absolute atomic E-state index is 13.4. The van der Waals surface area contributed by atoms with Gasteiger partial charge in [-0.05, 0) is 43.2 Å². The van der Waals surface area contributed by atoms with Gasteiger partial charge in [-0.25, -0.2) is 8.42 Å². The number of amides is 1. The van der Waals surface area contributed by atoms with Gasteiger partial charge in [-0.3, -0.25) is 4.79 Å². The lowest BCUT2D eigenvalue weighted by Crippen LogP contribution is -2.34. The van der Waals surface area contributed by atoms with E-state index in [0.717, 1.165) is 37.4 Å². The Kier molecular flexibility index (Phi) is 8.15. The van der Waals surface area contributed by atoms with Crippen LogP contribution in [0.2, 0.25) is 0 Å². The molecule has 0 radical (unpaired) electrons. The molecule has 0 aromatic heterocycles. The summed E-state index contributed by atoms with van der Waals surface area (Å²) in [6.45, 7) is 6.85. The third-order valence-corrected chi connectivity index (χ3v) is 7.82. The highest BCUT2D eigenvalue weighted by atomic mass is 32.2. The fourth-order valence-electron chi connectivity index (χ4n) is 3.92. The fourth-order valence-corrected chi connectivity index (χ4v) is 5.40. The summed E-state index contributed by atoms with van der Waals surface area (Å²) in [5.41, 5.74) is 1.21. The first-order valence-corrected chi connectivity index (χ1v) is 12.6. The minimum Gasteiger partial charge on any atom is -0.492 e. The van der Waals surface area contributed by atoms with Gasteiger partial charge in [0.1, 0.15) is 12.4 Å². The van der Waals surface area contributed by atoms with E-state index in [0.29, 0.717) is 31.8 Å².